The van der Waals surface area contributed by atoms with Gasteiger partial charge in [-0.2, -0.15) is 0 Å². The molecule has 5 nitrogen and oxygen atoms in total. The fourth-order valence-corrected chi connectivity index (χ4v) is 3.56. The summed E-state index contributed by atoms with van der Waals surface area (Å²) >= 11 is 5.89. The number of benzene rings is 2. The number of esters is 1. The molecule has 4 aromatic rings. The number of rotatable bonds is 5. The van der Waals surface area contributed by atoms with Gasteiger partial charge in [-0.25, -0.2) is 9.78 Å². The van der Waals surface area contributed by atoms with E-state index in [2.05, 4.69) is 4.98 Å². The Kier molecular flexibility index (Phi) is 5.14. The van der Waals surface area contributed by atoms with Crippen molar-refractivity contribution in [1.29, 1.82) is 0 Å². The molecule has 6 heteroatoms. The van der Waals surface area contributed by atoms with Crippen molar-refractivity contribution in [2.24, 2.45) is 7.05 Å². The molecular formula is C23H17ClN2O3. The fourth-order valence-electron chi connectivity index (χ4n) is 3.40. The number of para-hydroxylation sites is 1. The maximum absolute atomic E-state index is 13.1. The molecule has 0 fully saturated rings. The number of aromatic nitrogens is 2. The Hall–Kier alpha value is -3.44. The number of carbonyl (C=O) groups excluding carboxylic acids is 2. The van der Waals surface area contributed by atoms with E-state index in [1.54, 1.807) is 6.07 Å². The number of fused-ring (bicyclic) bond motifs is 1. The van der Waals surface area contributed by atoms with Crippen molar-refractivity contribution in [3.63, 3.8) is 0 Å². The lowest BCUT2D eigenvalue weighted by Gasteiger charge is -2.08. The van der Waals surface area contributed by atoms with E-state index < -0.39 is 5.97 Å². The second kappa shape index (κ2) is 7.89. The highest BCUT2D eigenvalue weighted by Gasteiger charge is 2.23. The Bertz CT molecular complexity index is 1220. The van der Waals surface area contributed by atoms with Crippen LogP contribution in [-0.4, -0.2) is 27.9 Å². The number of Topliss-reactive ketones (excluding diaryl/α,β-unsaturated/α-hetero) is 1. The summed E-state index contributed by atoms with van der Waals surface area (Å²) in [7, 11) is 1.92. The summed E-state index contributed by atoms with van der Waals surface area (Å²) < 4.78 is 7.21. The van der Waals surface area contributed by atoms with Gasteiger partial charge in [-0.1, -0.05) is 60.1 Å². The third-order valence-corrected chi connectivity index (χ3v) is 4.93. The molecule has 2 aromatic heterocycles. The molecule has 144 valence electrons. The van der Waals surface area contributed by atoms with Crippen molar-refractivity contribution in [3.8, 4) is 11.3 Å². The molecule has 0 unspecified atom stereocenters. The molecule has 4 rings (SSSR count). The van der Waals surface area contributed by atoms with Gasteiger partial charge in [0.25, 0.3) is 0 Å². The number of halogens is 1. The number of ether oxygens (including phenoxy) is 1. The number of carbonyl (C=O) groups is 2. The number of nitrogens with zero attached hydrogens (tertiary/aromatic N) is 2. The molecule has 0 aliphatic heterocycles. The van der Waals surface area contributed by atoms with Crippen molar-refractivity contribution in [2.75, 3.05) is 6.61 Å². The highest BCUT2D eigenvalue weighted by molar-refractivity contribution is 6.30. The topological polar surface area (TPSA) is 61.2 Å². The normalized spacial score (nSPS) is 10.8. The van der Waals surface area contributed by atoms with Crippen molar-refractivity contribution >= 4 is 34.3 Å². The molecule has 0 bridgehead atoms. The van der Waals surface area contributed by atoms with E-state index in [9.17, 15) is 9.59 Å². The highest BCUT2D eigenvalue weighted by atomic mass is 35.5. The maximum atomic E-state index is 13.1. The van der Waals surface area contributed by atoms with Gasteiger partial charge in [-0.05, 0) is 23.8 Å². The average molecular weight is 405 g/mol. The van der Waals surface area contributed by atoms with E-state index in [-0.39, 0.29) is 18.1 Å². The summed E-state index contributed by atoms with van der Waals surface area (Å²) in [6, 6.07) is 20.3. The molecule has 0 amide bonds. The zero-order valence-electron chi connectivity index (χ0n) is 15.6. The zero-order chi connectivity index (χ0) is 20.4. The Morgan fingerprint density at radius 2 is 1.76 bits per heavy atom. The van der Waals surface area contributed by atoms with E-state index in [1.165, 1.54) is 12.3 Å². The third kappa shape index (κ3) is 3.65. The van der Waals surface area contributed by atoms with Crippen LogP contribution >= 0.6 is 11.6 Å². The minimum atomic E-state index is -0.692. The van der Waals surface area contributed by atoms with Gasteiger partial charge in [-0.15, -0.1) is 0 Å². The van der Waals surface area contributed by atoms with Crippen molar-refractivity contribution in [1.82, 2.24) is 9.55 Å². The lowest BCUT2D eigenvalue weighted by Crippen LogP contribution is -2.16. The van der Waals surface area contributed by atoms with Crippen molar-refractivity contribution in [3.05, 3.63) is 89.2 Å². The molecule has 0 spiro atoms. The molecular weight excluding hydrogens is 388 g/mol. The molecule has 0 N–H and O–H groups in total. The summed E-state index contributed by atoms with van der Waals surface area (Å²) in [5.41, 5.74) is 3.22. The minimum absolute atomic E-state index is 0.0616. The van der Waals surface area contributed by atoms with Gasteiger partial charge >= 0.3 is 5.97 Å². The first-order chi connectivity index (χ1) is 14.1. The standard InChI is InChI=1S/C23H17ClN2O3/c1-26-19-10-6-5-9-17(19)21(22(26)15-7-3-2-4-8-15)20(27)14-29-23(28)18-13-16(24)11-12-25-18/h2-13H,14H2,1H3. The third-order valence-electron chi connectivity index (χ3n) is 4.70. The van der Waals surface area contributed by atoms with Crippen LogP contribution in [0.25, 0.3) is 22.2 Å². The number of hydrogen-bond donors (Lipinski definition) is 0. The molecule has 2 aromatic carbocycles. The van der Waals surface area contributed by atoms with Crippen LogP contribution in [0.15, 0.2) is 72.9 Å². The predicted octanol–water partition coefficient (Wildman–Crippen LogP) is 4.93. The Labute approximate surface area is 172 Å². The number of ketones is 1. The predicted molar refractivity (Wildman–Crippen MR) is 112 cm³/mol. The zero-order valence-corrected chi connectivity index (χ0v) is 16.4. The van der Waals surface area contributed by atoms with Crippen LogP contribution in [0, 0.1) is 0 Å². The lowest BCUT2D eigenvalue weighted by atomic mass is 10.0. The van der Waals surface area contributed by atoms with Gasteiger partial charge in [0.05, 0.1) is 11.3 Å². The van der Waals surface area contributed by atoms with Crippen LogP contribution in [0.1, 0.15) is 20.8 Å². The summed E-state index contributed by atoms with van der Waals surface area (Å²) in [6.07, 6.45) is 1.42. The summed E-state index contributed by atoms with van der Waals surface area (Å²) in [6.45, 7) is -0.388. The second-order valence-electron chi connectivity index (χ2n) is 6.52. The molecule has 0 saturated carbocycles. The molecule has 29 heavy (non-hydrogen) atoms. The molecule has 2 heterocycles. The second-order valence-corrected chi connectivity index (χ2v) is 6.96. The quantitative estimate of drug-likeness (QED) is 0.349. The van der Waals surface area contributed by atoms with Gasteiger partial charge in [-0.3, -0.25) is 4.79 Å². The van der Waals surface area contributed by atoms with Crippen LogP contribution in [0.5, 0.6) is 0 Å². The first-order valence-corrected chi connectivity index (χ1v) is 9.39. The molecule has 0 atom stereocenters. The summed E-state index contributed by atoms with van der Waals surface area (Å²) in [5.74, 6) is -0.974. The first kappa shape index (κ1) is 18.9. The number of pyridine rings is 1. The molecule has 0 aliphatic rings. The Morgan fingerprint density at radius 3 is 2.52 bits per heavy atom. The van der Waals surface area contributed by atoms with Gasteiger partial charge in [0.1, 0.15) is 5.69 Å². The Morgan fingerprint density at radius 1 is 1.03 bits per heavy atom. The van der Waals surface area contributed by atoms with Crippen LogP contribution < -0.4 is 0 Å². The smallest absolute Gasteiger partial charge is 0.357 e. The van der Waals surface area contributed by atoms with Gasteiger partial charge in [0, 0.05) is 29.2 Å². The minimum Gasteiger partial charge on any atom is -0.453 e. The van der Waals surface area contributed by atoms with E-state index >= 15 is 0 Å². The fraction of sp³-hybridized carbons (Fsp3) is 0.0870. The van der Waals surface area contributed by atoms with E-state index in [4.69, 9.17) is 16.3 Å². The van der Waals surface area contributed by atoms with Crippen LogP contribution in [0.4, 0.5) is 0 Å². The van der Waals surface area contributed by atoms with Gasteiger partial charge in [0.15, 0.2) is 6.61 Å². The van der Waals surface area contributed by atoms with Crippen LogP contribution in [0.3, 0.4) is 0 Å². The number of aryl methyl sites for hydroxylation is 1. The van der Waals surface area contributed by atoms with Crippen LogP contribution in [-0.2, 0) is 11.8 Å². The Balaban J connectivity index is 1.69. The molecule has 0 aliphatic carbocycles. The molecule has 0 saturated heterocycles. The first-order valence-electron chi connectivity index (χ1n) is 9.01. The monoisotopic (exact) mass is 404 g/mol. The largest absolute Gasteiger partial charge is 0.453 e. The summed E-state index contributed by atoms with van der Waals surface area (Å²) in [4.78, 5) is 29.3. The summed E-state index contributed by atoms with van der Waals surface area (Å²) in [5, 5.41) is 1.19. The number of hydrogen-bond acceptors (Lipinski definition) is 4. The van der Waals surface area contributed by atoms with E-state index in [1.807, 2.05) is 66.2 Å². The van der Waals surface area contributed by atoms with Crippen LogP contribution in [0.2, 0.25) is 5.02 Å². The van der Waals surface area contributed by atoms with Gasteiger partial charge < -0.3 is 9.30 Å². The van der Waals surface area contributed by atoms with E-state index in [0.29, 0.717) is 10.6 Å². The average Bonchev–Trinajstić information content (AvgIpc) is 3.05. The van der Waals surface area contributed by atoms with Crippen molar-refractivity contribution < 1.29 is 14.3 Å². The lowest BCUT2D eigenvalue weighted by molar-refractivity contribution is 0.0469. The van der Waals surface area contributed by atoms with E-state index in [0.717, 1.165) is 22.2 Å². The molecule has 0 radical (unpaired) electrons. The van der Waals surface area contributed by atoms with Crippen molar-refractivity contribution in [2.45, 2.75) is 0 Å². The van der Waals surface area contributed by atoms with Gasteiger partial charge in [0.2, 0.25) is 5.78 Å². The highest BCUT2D eigenvalue weighted by Crippen LogP contribution is 2.33. The SMILES string of the molecule is Cn1c(-c2ccccc2)c(C(=O)COC(=O)c2cc(Cl)ccn2)c2ccccc21. The maximum Gasteiger partial charge on any atom is 0.357 e.